The standard InChI is InChI=1S/C18H14N2O/c21-18(12-5-6-13-8-19-10-15(13)7-12)17-11-20-9-14-3-1-2-4-16(14)17/h1-7,9,11,19H,8,10H2. The molecule has 0 amide bonds. The Kier molecular flexibility index (Phi) is 2.79. The molecule has 102 valence electrons. The lowest BCUT2D eigenvalue weighted by Crippen LogP contribution is -2.04. The highest BCUT2D eigenvalue weighted by atomic mass is 16.1. The van der Waals surface area contributed by atoms with Crippen molar-refractivity contribution < 1.29 is 4.79 Å². The van der Waals surface area contributed by atoms with Gasteiger partial charge in [0.25, 0.3) is 0 Å². The Hall–Kier alpha value is -2.52. The van der Waals surface area contributed by atoms with Crippen molar-refractivity contribution in [3.8, 4) is 0 Å². The van der Waals surface area contributed by atoms with Gasteiger partial charge in [-0.2, -0.15) is 0 Å². The van der Waals surface area contributed by atoms with Crippen LogP contribution in [0.25, 0.3) is 10.8 Å². The van der Waals surface area contributed by atoms with E-state index in [2.05, 4.69) is 10.3 Å². The van der Waals surface area contributed by atoms with Gasteiger partial charge in [-0.05, 0) is 22.6 Å². The number of ketones is 1. The number of nitrogens with one attached hydrogen (secondary N) is 1. The van der Waals surface area contributed by atoms with Crippen LogP contribution < -0.4 is 5.32 Å². The quantitative estimate of drug-likeness (QED) is 0.730. The Morgan fingerprint density at radius 1 is 1.00 bits per heavy atom. The number of rotatable bonds is 2. The van der Waals surface area contributed by atoms with Crippen molar-refractivity contribution in [2.45, 2.75) is 13.1 Å². The van der Waals surface area contributed by atoms with Crippen molar-refractivity contribution in [3.05, 3.63) is 77.1 Å². The molecule has 3 aromatic rings. The van der Waals surface area contributed by atoms with Crippen LogP contribution in [-0.4, -0.2) is 10.8 Å². The largest absolute Gasteiger partial charge is 0.309 e. The van der Waals surface area contributed by atoms with Gasteiger partial charge in [0.1, 0.15) is 0 Å². The third-order valence-corrected chi connectivity index (χ3v) is 4.01. The van der Waals surface area contributed by atoms with E-state index in [0.29, 0.717) is 5.56 Å². The van der Waals surface area contributed by atoms with E-state index in [-0.39, 0.29) is 5.78 Å². The summed E-state index contributed by atoms with van der Waals surface area (Å²) in [5, 5.41) is 5.25. The van der Waals surface area contributed by atoms with E-state index in [1.165, 1.54) is 11.1 Å². The lowest BCUT2D eigenvalue weighted by Gasteiger charge is -2.07. The SMILES string of the molecule is O=C(c1ccc2c(c1)CNC2)c1cncc2ccccc12. The van der Waals surface area contributed by atoms with Crippen LogP contribution in [-0.2, 0) is 13.1 Å². The second kappa shape index (κ2) is 4.79. The van der Waals surface area contributed by atoms with Gasteiger partial charge in [-0.1, -0.05) is 36.4 Å². The zero-order valence-corrected chi connectivity index (χ0v) is 11.5. The molecule has 0 saturated heterocycles. The van der Waals surface area contributed by atoms with Crippen molar-refractivity contribution in [3.63, 3.8) is 0 Å². The zero-order chi connectivity index (χ0) is 14.2. The smallest absolute Gasteiger partial charge is 0.195 e. The highest BCUT2D eigenvalue weighted by Gasteiger charge is 2.16. The second-order valence-electron chi connectivity index (χ2n) is 5.32. The van der Waals surface area contributed by atoms with E-state index in [1.807, 2.05) is 42.5 Å². The molecule has 0 bridgehead atoms. The van der Waals surface area contributed by atoms with Gasteiger partial charge in [-0.25, -0.2) is 0 Å². The van der Waals surface area contributed by atoms with E-state index in [0.717, 1.165) is 29.4 Å². The van der Waals surface area contributed by atoms with E-state index in [1.54, 1.807) is 12.4 Å². The summed E-state index contributed by atoms with van der Waals surface area (Å²) in [6, 6.07) is 13.8. The fraction of sp³-hybridized carbons (Fsp3) is 0.111. The first-order valence-corrected chi connectivity index (χ1v) is 7.03. The van der Waals surface area contributed by atoms with Crippen LogP contribution in [0.3, 0.4) is 0 Å². The predicted octanol–water partition coefficient (Wildman–Crippen LogP) is 3.07. The summed E-state index contributed by atoms with van der Waals surface area (Å²) in [6.07, 6.45) is 3.45. The monoisotopic (exact) mass is 274 g/mol. The Balaban J connectivity index is 1.83. The maximum Gasteiger partial charge on any atom is 0.195 e. The predicted molar refractivity (Wildman–Crippen MR) is 82.2 cm³/mol. The highest BCUT2D eigenvalue weighted by Crippen LogP contribution is 2.23. The van der Waals surface area contributed by atoms with Crippen molar-refractivity contribution in [2.75, 3.05) is 0 Å². The summed E-state index contributed by atoms with van der Waals surface area (Å²) in [6.45, 7) is 1.73. The number of nitrogens with zero attached hydrogens (tertiary/aromatic N) is 1. The molecule has 2 aromatic carbocycles. The van der Waals surface area contributed by atoms with Gasteiger partial charge >= 0.3 is 0 Å². The normalized spacial score (nSPS) is 13.3. The van der Waals surface area contributed by atoms with E-state index < -0.39 is 0 Å². The van der Waals surface area contributed by atoms with Gasteiger partial charge in [-0.15, -0.1) is 0 Å². The van der Waals surface area contributed by atoms with Gasteiger partial charge in [0.05, 0.1) is 0 Å². The Labute approximate surface area is 122 Å². The number of carbonyl (C=O) groups excluding carboxylic acids is 1. The molecule has 0 spiro atoms. The molecule has 1 aliphatic rings. The van der Waals surface area contributed by atoms with Crippen LogP contribution in [0, 0.1) is 0 Å². The van der Waals surface area contributed by atoms with Crippen molar-refractivity contribution in [1.29, 1.82) is 0 Å². The molecule has 1 aromatic heterocycles. The van der Waals surface area contributed by atoms with E-state index in [4.69, 9.17) is 0 Å². The van der Waals surface area contributed by atoms with E-state index in [9.17, 15) is 4.79 Å². The van der Waals surface area contributed by atoms with Crippen LogP contribution in [0.1, 0.15) is 27.0 Å². The maximum atomic E-state index is 12.8. The van der Waals surface area contributed by atoms with Gasteiger partial charge in [0, 0.05) is 42.0 Å². The summed E-state index contributed by atoms with van der Waals surface area (Å²) >= 11 is 0. The molecular formula is C18H14N2O. The third-order valence-electron chi connectivity index (χ3n) is 4.01. The minimum Gasteiger partial charge on any atom is -0.309 e. The summed E-state index contributed by atoms with van der Waals surface area (Å²) in [5.41, 5.74) is 3.89. The fourth-order valence-electron chi connectivity index (χ4n) is 2.89. The second-order valence-corrected chi connectivity index (χ2v) is 5.32. The molecular weight excluding hydrogens is 260 g/mol. The number of hydrogen-bond donors (Lipinski definition) is 1. The van der Waals surface area contributed by atoms with Crippen LogP contribution in [0.2, 0.25) is 0 Å². The number of hydrogen-bond acceptors (Lipinski definition) is 3. The fourth-order valence-corrected chi connectivity index (χ4v) is 2.89. The lowest BCUT2D eigenvalue weighted by molar-refractivity contribution is 0.104. The average molecular weight is 274 g/mol. The summed E-state index contributed by atoms with van der Waals surface area (Å²) in [7, 11) is 0. The molecule has 2 heterocycles. The van der Waals surface area contributed by atoms with Crippen LogP contribution in [0.15, 0.2) is 54.9 Å². The molecule has 3 heteroatoms. The highest BCUT2D eigenvalue weighted by molar-refractivity contribution is 6.16. The summed E-state index contributed by atoms with van der Waals surface area (Å²) in [4.78, 5) is 17.0. The van der Waals surface area contributed by atoms with Gasteiger partial charge in [0.15, 0.2) is 5.78 Å². The lowest BCUT2D eigenvalue weighted by atomic mass is 9.97. The number of benzene rings is 2. The molecule has 21 heavy (non-hydrogen) atoms. The molecule has 3 nitrogen and oxygen atoms in total. The van der Waals surface area contributed by atoms with Crippen molar-refractivity contribution >= 4 is 16.6 Å². The first-order chi connectivity index (χ1) is 10.3. The number of fused-ring (bicyclic) bond motifs is 2. The molecule has 1 aliphatic heterocycles. The first-order valence-electron chi connectivity index (χ1n) is 7.03. The Morgan fingerprint density at radius 3 is 2.81 bits per heavy atom. The van der Waals surface area contributed by atoms with Gasteiger partial charge in [-0.3, -0.25) is 9.78 Å². The first kappa shape index (κ1) is 12.2. The number of pyridine rings is 1. The Morgan fingerprint density at radius 2 is 1.86 bits per heavy atom. The molecule has 0 radical (unpaired) electrons. The minimum absolute atomic E-state index is 0.0361. The molecule has 0 saturated carbocycles. The molecule has 0 fully saturated rings. The molecule has 0 unspecified atom stereocenters. The van der Waals surface area contributed by atoms with Crippen molar-refractivity contribution in [1.82, 2.24) is 10.3 Å². The van der Waals surface area contributed by atoms with Crippen LogP contribution >= 0.6 is 0 Å². The maximum absolute atomic E-state index is 12.8. The minimum atomic E-state index is 0.0361. The number of carbonyl (C=O) groups is 1. The average Bonchev–Trinajstić information content (AvgIpc) is 3.01. The molecule has 4 rings (SSSR count). The number of aromatic nitrogens is 1. The van der Waals surface area contributed by atoms with E-state index >= 15 is 0 Å². The zero-order valence-electron chi connectivity index (χ0n) is 11.5. The van der Waals surface area contributed by atoms with Crippen LogP contribution in [0.5, 0.6) is 0 Å². The third kappa shape index (κ3) is 2.03. The topological polar surface area (TPSA) is 42.0 Å². The summed E-state index contributed by atoms with van der Waals surface area (Å²) < 4.78 is 0. The Bertz CT molecular complexity index is 849. The van der Waals surface area contributed by atoms with Gasteiger partial charge < -0.3 is 5.32 Å². The molecule has 1 N–H and O–H groups in total. The molecule has 0 aliphatic carbocycles. The molecule has 0 atom stereocenters. The van der Waals surface area contributed by atoms with Crippen LogP contribution in [0.4, 0.5) is 0 Å². The van der Waals surface area contributed by atoms with Crippen molar-refractivity contribution in [2.24, 2.45) is 0 Å². The van der Waals surface area contributed by atoms with Gasteiger partial charge in [0.2, 0.25) is 0 Å². The summed E-state index contributed by atoms with van der Waals surface area (Å²) in [5.74, 6) is 0.0361.